The number of thioether (sulfide) groups is 1. The summed E-state index contributed by atoms with van der Waals surface area (Å²) in [6, 6.07) is 5.59. The fraction of sp³-hybridized carbons (Fsp3) is 0.500. The van der Waals surface area contributed by atoms with Crippen LogP contribution >= 0.6 is 23.4 Å². The van der Waals surface area contributed by atoms with Crippen LogP contribution in [0.3, 0.4) is 0 Å². The van der Waals surface area contributed by atoms with Crippen molar-refractivity contribution in [3.8, 4) is 0 Å². The molecule has 6 nitrogen and oxygen atoms in total. The lowest BCUT2D eigenvalue weighted by Gasteiger charge is -2.09. The molecule has 0 aromatic carbocycles. The Hall–Kier alpha value is -1.18. The number of hydrogen-bond acceptors (Lipinski definition) is 6. The number of ether oxygens (including phenoxy) is 1. The van der Waals surface area contributed by atoms with Crippen molar-refractivity contribution >= 4 is 23.4 Å². The zero-order valence-electron chi connectivity index (χ0n) is 10.8. The normalized spacial score (nSPS) is 18.6. The van der Waals surface area contributed by atoms with Gasteiger partial charge < -0.3 is 4.74 Å². The smallest absolute Gasteiger partial charge is 0.209 e. The fourth-order valence-electron chi connectivity index (χ4n) is 2.06. The van der Waals surface area contributed by atoms with Crippen LogP contribution in [0, 0.1) is 0 Å². The van der Waals surface area contributed by atoms with E-state index in [1.807, 2.05) is 12.1 Å². The van der Waals surface area contributed by atoms with Gasteiger partial charge in [0.1, 0.15) is 5.15 Å². The van der Waals surface area contributed by atoms with E-state index in [-0.39, 0.29) is 6.10 Å². The van der Waals surface area contributed by atoms with E-state index < -0.39 is 0 Å². The van der Waals surface area contributed by atoms with Gasteiger partial charge in [-0.15, -0.1) is 5.10 Å². The Balaban J connectivity index is 1.61. The molecule has 1 aliphatic rings. The first-order valence-electron chi connectivity index (χ1n) is 6.43. The second kappa shape index (κ2) is 6.51. The molecule has 1 aliphatic heterocycles. The van der Waals surface area contributed by atoms with E-state index in [1.165, 1.54) is 0 Å². The topological polar surface area (TPSA) is 65.7 Å². The molecule has 20 heavy (non-hydrogen) atoms. The van der Waals surface area contributed by atoms with Crippen LogP contribution in [-0.4, -0.2) is 37.9 Å². The first-order valence-corrected chi connectivity index (χ1v) is 7.79. The number of aromatic nitrogens is 5. The van der Waals surface area contributed by atoms with Gasteiger partial charge in [-0.1, -0.05) is 29.4 Å². The first-order chi connectivity index (χ1) is 9.81. The molecule has 3 rings (SSSR count). The predicted molar refractivity (Wildman–Crippen MR) is 75.6 cm³/mol. The van der Waals surface area contributed by atoms with Crippen molar-refractivity contribution in [3.63, 3.8) is 0 Å². The molecule has 2 aromatic rings. The Morgan fingerprint density at radius 1 is 1.45 bits per heavy atom. The summed E-state index contributed by atoms with van der Waals surface area (Å²) in [6.45, 7) is 1.54. The molecule has 8 heteroatoms. The van der Waals surface area contributed by atoms with Crippen molar-refractivity contribution in [1.29, 1.82) is 0 Å². The van der Waals surface area contributed by atoms with E-state index in [0.717, 1.165) is 30.3 Å². The van der Waals surface area contributed by atoms with E-state index >= 15 is 0 Å². The van der Waals surface area contributed by atoms with Crippen LogP contribution in [0.5, 0.6) is 0 Å². The number of tetrazole rings is 1. The molecule has 0 spiro atoms. The zero-order valence-corrected chi connectivity index (χ0v) is 12.3. The Labute approximate surface area is 125 Å². The molecule has 106 valence electrons. The average Bonchev–Trinajstić information content (AvgIpc) is 3.09. The van der Waals surface area contributed by atoms with Gasteiger partial charge in [-0.3, -0.25) is 0 Å². The Morgan fingerprint density at radius 2 is 2.40 bits per heavy atom. The highest BCUT2D eigenvalue weighted by Crippen LogP contribution is 2.21. The molecule has 0 bridgehead atoms. The monoisotopic (exact) mass is 311 g/mol. The number of nitrogens with zero attached hydrogens (tertiary/aromatic N) is 5. The second-order valence-corrected chi connectivity index (χ2v) is 5.85. The molecule has 0 aliphatic carbocycles. The van der Waals surface area contributed by atoms with Crippen LogP contribution in [0.2, 0.25) is 5.15 Å². The SMILES string of the molecule is Clc1cccc(CSc2nnnn2C[C@H]2CCCO2)n1. The maximum Gasteiger partial charge on any atom is 0.209 e. The first kappa shape index (κ1) is 13.8. The van der Waals surface area contributed by atoms with E-state index in [0.29, 0.717) is 17.5 Å². The molecule has 3 heterocycles. The minimum Gasteiger partial charge on any atom is -0.376 e. The Morgan fingerprint density at radius 3 is 3.20 bits per heavy atom. The highest BCUT2D eigenvalue weighted by molar-refractivity contribution is 7.98. The summed E-state index contributed by atoms with van der Waals surface area (Å²) in [5.41, 5.74) is 0.911. The van der Waals surface area contributed by atoms with Crippen LogP contribution in [0.1, 0.15) is 18.5 Å². The van der Waals surface area contributed by atoms with Crippen LogP contribution in [0.15, 0.2) is 23.4 Å². The van der Waals surface area contributed by atoms with E-state index in [4.69, 9.17) is 16.3 Å². The molecular weight excluding hydrogens is 298 g/mol. The molecule has 1 fully saturated rings. The summed E-state index contributed by atoms with van der Waals surface area (Å²) in [4.78, 5) is 4.25. The summed E-state index contributed by atoms with van der Waals surface area (Å²) >= 11 is 7.42. The third-order valence-electron chi connectivity index (χ3n) is 3.02. The lowest BCUT2D eigenvalue weighted by Crippen LogP contribution is -2.16. The molecule has 0 saturated carbocycles. The highest BCUT2D eigenvalue weighted by Gasteiger charge is 2.18. The molecule has 0 radical (unpaired) electrons. The molecule has 0 N–H and O–H groups in total. The van der Waals surface area contributed by atoms with Crippen molar-refractivity contribution < 1.29 is 4.74 Å². The molecule has 0 unspecified atom stereocenters. The summed E-state index contributed by atoms with van der Waals surface area (Å²) in [5.74, 6) is 0.687. The van der Waals surface area contributed by atoms with Gasteiger partial charge in [0, 0.05) is 12.4 Å². The van der Waals surface area contributed by atoms with Gasteiger partial charge in [0.25, 0.3) is 0 Å². The molecule has 2 aromatic heterocycles. The number of halogens is 1. The van der Waals surface area contributed by atoms with Gasteiger partial charge in [0.05, 0.1) is 18.3 Å². The van der Waals surface area contributed by atoms with E-state index in [9.17, 15) is 0 Å². The minimum atomic E-state index is 0.224. The highest BCUT2D eigenvalue weighted by atomic mass is 35.5. The van der Waals surface area contributed by atoms with Crippen molar-refractivity contribution in [2.45, 2.75) is 36.4 Å². The van der Waals surface area contributed by atoms with Gasteiger partial charge >= 0.3 is 0 Å². The Bertz CT molecular complexity index is 572. The van der Waals surface area contributed by atoms with Gasteiger partial charge in [0.15, 0.2) is 0 Å². The number of pyridine rings is 1. The lowest BCUT2D eigenvalue weighted by molar-refractivity contribution is 0.0912. The summed E-state index contributed by atoms with van der Waals surface area (Å²) in [6.07, 6.45) is 2.41. The largest absolute Gasteiger partial charge is 0.376 e. The van der Waals surface area contributed by atoms with Crippen molar-refractivity contribution in [1.82, 2.24) is 25.2 Å². The van der Waals surface area contributed by atoms with Gasteiger partial charge in [0.2, 0.25) is 5.16 Å². The van der Waals surface area contributed by atoms with Crippen LogP contribution in [0.25, 0.3) is 0 Å². The number of hydrogen-bond donors (Lipinski definition) is 0. The van der Waals surface area contributed by atoms with Crippen LogP contribution in [-0.2, 0) is 17.0 Å². The van der Waals surface area contributed by atoms with Gasteiger partial charge in [-0.2, -0.15) is 0 Å². The molecule has 0 amide bonds. The standard InChI is InChI=1S/C12H14ClN5OS/c13-11-5-1-3-9(14-11)8-20-12-15-16-17-18(12)7-10-4-2-6-19-10/h1,3,5,10H,2,4,6-8H2/t10-/m1/s1. The Kier molecular flexibility index (Phi) is 4.49. The minimum absolute atomic E-state index is 0.224. The third-order valence-corrected chi connectivity index (χ3v) is 4.22. The molecule has 1 atom stereocenters. The van der Waals surface area contributed by atoms with Crippen molar-refractivity contribution in [2.24, 2.45) is 0 Å². The summed E-state index contributed by atoms with van der Waals surface area (Å²) in [7, 11) is 0. The number of rotatable bonds is 5. The van der Waals surface area contributed by atoms with Gasteiger partial charge in [-0.05, 0) is 35.4 Å². The average molecular weight is 312 g/mol. The lowest BCUT2D eigenvalue weighted by atomic mass is 10.2. The van der Waals surface area contributed by atoms with Crippen molar-refractivity contribution in [3.05, 3.63) is 29.0 Å². The van der Waals surface area contributed by atoms with E-state index in [1.54, 1.807) is 22.5 Å². The van der Waals surface area contributed by atoms with Crippen LogP contribution < -0.4 is 0 Å². The van der Waals surface area contributed by atoms with Crippen molar-refractivity contribution in [2.75, 3.05) is 6.61 Å². The third kappa shape index (κ3) is 3.47. The maximum absolute atomic E-state index is 5.87. The molecular formula is C12H14ClN5OS. The molecule has 1 saturated heterocycles. The van der Waals surface area contributed by atoms with Gasteiger partial charge in [-0.25, -0.2) is 9.67 Å². The quantitative estimate of drug-likeness (QED) is 0.623. The fourth-order valence-corrected chi connectivity index (χ4v) is 3.04. The predicted octanol–water partition coefficient (Wildman–Crippen LogP) is 2.19. The van der Waals surface area contributed by atoms with E-state index in [2.05, 4.69) is 20.5 Å². The zero-order chi connectivity index (χ0) is 13.8. The summed E-state index contributed by atoms with van der Waals surface area (Å²) < 4.78 is 7.40. The summed E-state index contributed by atoms with van der Waals surface area (Å²) in [5, 5.41) is 13.1. The van der Waals surface area contributed by atoms with Crippen LogP contribution in [0.4, 0.5) is 0 Å². The second-order valence-electron chi connectivity index (χ2n) is 4.52. The maximum atomic E-state index is 5.87.